The van der Waals surface area contributed by atoms with E-state index in [4.69, 9.17) is 11.6 Å². The third-order valence-corrected chi connectivity index (χ3v) is 5.47. The van der Waals surface area contributed by atoms with Crippen LogP contribution in [0.5, 0.6) is 0 Å². The van der Waals surface area contributed by atoms with E-state index < -0.39 is 0 Å². The van der Waals surface area contributed by atoms with Crippen LogP contribution in [0.15, 0.2) is 41.8 Å². The zero-order valence-electron chi connectivity index (χ0n) is 11.5. The van der Waals surface area contributed by atoms with Gasteiger partial charge in [-0.05, 0) is 43.2 Å². The lowest BCUT2D eigenvalue weighted by Gasteiger charge is -2.29. The van der Waals surface area contributed by atoms with Gasteiger partial charge in [0.05, 0.1) is 5.02 Å². The lowest BCUT2D eigenvalue weighted by Crippen LogP contribution is -2.32. The Kier molecular flexibility index (Phi) is 4.77. The molecule has 0 bridgehead atoms. The van der Waals surface area contributed by atoms with Gasteiger partial charge in [-0.25, -0.2) is 0 Å². The Hall–Kier alpha value is -0.830. The molecule has 0 atom stereocenters. The molecule has 0 spiro atoms. The summed E-state index contributed by atoms with van der Waals surface area (Å²) < 4.78 is 0. The molecular formula is C17H20ClNS. The van der Waals surface area contributed by atoms with Gasteiger partial charge < -0.3 is 5.32 Å². The summed E-state index contributed by atoms with van der Waals surface area (Å²) in [5.41, 5.74) is 1.51. The van der Waals surface area contributed by atoms with Gasteiger partial charge in [-0.3, -0.25) is 0 Å². The van der Waals surface area contributed by atoms with Crippen LogP contribution in [0.1, 0.15) is 42.0 Å². The van der Waals surface area contributed by atoms with Gasteiger partial charge in [-0.1, -0.05) is 41.9 Å². The van der Waals surface area contributed by atoms with E-state index in [0.717, 1.165) is 17.5 Å². The molecule has 1 N–H and O–H groups in total. The predicted octanol–water partition coefficient (Wildman–Crippen LogP) is 5.22. The maximum absolute atomic E-state index is 5.95. The number of rotatable bonds is 4. The fourth-order valence-electron chi connectivity index (χ4n) is 3.05. The summed E-state index contributed by atoms with van der Waals surface area (Å²) in [6.45, 7) is 0.956. The highest BCUT2D eigenvalue weighted by molar-refractivity contribution is 7.10. The maximum Gasteiger partial charge on any atom is 0.0516 e. The van der Waals surface area contributed by atoms with Gasteiger partial charge in [0.2, 0.25) is 0 Å². The SMILES string of the molecule is Clc1csc(CNC2CCC(c3ccccc3)CC2)c1. The van der Waals surface area contributed by atoms with E-state index in [1.807, 2.05) is 5.38 Å². The predicted molar refractivity (Wildman–Crippen MR) is 87.6 cm³/mol. The molecule has 1 aliphatic rings. The van der Waals surface area contributed by atoms with Gasteiger partial charge >= 0.3 is 0 Å². The Labute approximate surface area is 130 Å². The van der Waals surface area contributed by atoms with Crippen molar-refractivity contribution in [3.63, 3.8) is 0 Å². The Morgan fingerprint density at radius 3 is 2.50 bits per heavy atom. The minimum Gasteiger partial charge on any atom is -0.309 e. The van der Waals surface area contributed by atoms with Crippen LogP contribution in [0.25, 0.3) is 0 Å². The average molecular weight is 306 g/mol. The minimum absolute atomic E-state index is 0.663. The molecule has 0 saturated heterocycles. The fourth-order valence-corrected chi connectivity index (χ4v) is 4.07. The van der Waals surface area contributed by atoms with E-state index in [0.29, 0.717) is 6.04 Å². The second kappa shape index (κ2) is 6.75. The molecule has 3 heteroatoms. The highest BCUT2D eigenvalue weighted by Gasteiger charge is 2.21. The summed E-state index contributed by atoms with van der Waals surface area (Å²) in [7, 11) is 0. The van der Waals surface area contributed by atoms with Crippen LogP contribution >= 0.6 is 22.9 Å². The van der Waals surface area contributed by atoms with E-state index in [1.54, 1.807) is 11.3 Å². The summed E-state index contributed by atoms with van der Waals surface area (Å²) in [5.74, 6) is 0.755. The third-order valence-electron chi connectivity index (χ3n) is 4.18. The molecule has 1 fully saturated rings. The zero-order valence-corrected chi connectivity index (χ0v) is 13.1. The highest BCUT2D eigenvalue weighted by atomic mass is 35.5. The van der Waals surface area contributed by atoms with Crippen LogP contribution in [0.3, 0.4) is 0 Å². The van der Waals surface area contributed by atoms with Gasteiger partial charge in [0.1, 0.15) is 0 Å². The van der Waals surface area contributed by atoms with Gasteiger partial charge in [-0.15, -0.1) is 11.3 Å². The quantitative estimate of drug-likeness (QED) is 0.817. The van der Waals surface area contributed by atoms with E-state index in [1.165, 1.54) is 36.1 Å². The number of thiophene rings is 1. The summed E-state index contributed by atoms with van der Waals surface area (Å²) in [4.78, 5) is 1.33. The molecule has 1 aliphatic carbocycles. The fraction of sp³-hybridized carbons (Fsp3) is 0.412. The van der Waals surface area contributed by atoms with Crippen molar-refractivity contribution in [3.05, 3.63) is 57.2 Å². The van der Waals surface area contributed by atoms with Crippen molar-refractivity contribution < 1.29 is 0 Å². The van der Waals surface area contributed by atoms with Crippen molar-refractivity contribution in [1.29, 1.82) is 0 Å². The first-order valence-electron chi connectivity index (χ1n) is 7.32. The van der Waals surface area contributed by atoms with Gasteiger partial charge in [0.15, 0.2) is 0 Å². The van der Waals surface area contributed by atoms with Crippen molar-refractivity contribution in [2.45, 2.75) is 44.2 Å². The average Bonchev–Trinajstić information content (AvgIpc) is 2.92. The molecular weight excluding hydrogens is 286 g/mol. The highest BCUT2D eigenvalue weighted by Crippen LogP contribution is 2.32. The maximum atomic E-state index is 5.95. The smallest absolute Gasteiger partial charge is 0.0516 e. The minimum atomic E-state index is 0.663. The summed E-state index contributed by atoms with van der Waals surface area (Å²) in [5, 5.41) is 6.54. The second-order valence-electron chi connectivity index (χ2n) is 5.57. The summed E-state index contributed by atoms with van der Waals surface area (Å²) in [6, 6.07) is 13.7. The monoisotopic (exact) mass is 305 g/mol. The number of halogens is 1. The summed E-state index contributed by atoms with van der Waals surface area (Å²) in [6.07, 6.45) is 5.15. The molecule has 0 amide bonds. The number of nitrogens with one attached hydrogen (secondary N) is 1. The van der Waals surface area contributed by atoms with E-state index in [9.17, 15) is 0 Å². The molecule has 0 radical (unpaired) electrons. The van der Waals surface area contributed by atoms with Crippen molar-refractivity contribution in [2.24, 2.45) is 0 Å². The molecule has 0 unspecified atom stereocenters. The lowest BCUT2D eigenvalue weighted by atomic mass is 9.82. The first-order chi connectivity index (χ1) is 9.81. The van der Waals surface area contributed by atoms with Crippen LogP contribution in [-0.4, -0.2) is 6.04 Å². The Balaban J connectivity index is 1.47. The standard InChI is InChI=1S/C17H20ClNS/c18-15-10-17(20-12-15)11-19-16-8-6-14(7-9-16)13-4-2-1-3-5-13/h1-5,10,12,14,16,19H,6-9,11H2. The third kappa shape index (κ3) is 3.63. The number of hydrogen-bond donors (Lipinski definition) is 1. The molecule has 3 rings (SSSR count). The molecule has 20 heavy (non-hydrogen) atoms. The largest absolute Gasteiger partial charge is 0.309 e. The zero-order chi connectivity index (χ0) is 13.8. The van der Waals surface area contributed by atoms with Crippen LogP contribution in [0, 0.1) is 0 Å². The first-order valence-corrected chi connectivity index (χ1v) is 8.58. The second-order valence-corrected chi connectivity index (χ2v) is 7.00. The van der Waals surface area contributed by atoms with Crippen LogP contribution in [0.4, 0.5) is 0 Å². The lowest BCUT2D eigenvalue weighted by molar-refractivity contribution is 0.342. The normalized spacial score (nSPS) is 22.9. The van der Waals surface area contributed by atoms with Crippen LogP contribution in [-0.2, 0) is 6.54 Å². The summed E-state index contributed by atoms with van der Waals surface area (Å²) >= 11 is 7.69. The van der Waals surface area contributed by atoms with Crippen molar-refractivity contribution in [3.8, 4) is 0 Å². The number of benzene rings is 1. The molecule has 1 saturated carbocycles. The molecule has 1 aromatic carbocycles. The topological polar surface area (TPSA) is 12.0 Å². The van der Waals surface area contributed by atoms with Gasteiger partial charge in [-0.2, -0.15) is 0 Å². The molecule has 2 aromatic rings. The van der Waals surface area contributed by atoms with E-state index in [-0.39, 0.29) is 0 Å². The number of hydrogen-bond acceptors (Lipinski definition) is 2. The van der Waals surface area contributed by atoms with Crippen molar-refractivity contribution >= 4 is 22.9 Å². The van der Waals surface area contributed by atoms with Crippen LogP contribution < -0.4 is 5.32 Å². The molecule has 1 nitrogen and oxygen atoms in total. The van der Waals surface area contributed by atoms with Crippen LogP contribution in [0.2, 0.25) is 5.02 Å². The van der Waals surface area contributed by atoms with Gasteiger partial charge in [0, 0.05) is 22.8 Å². The Morgan fingerprint density at radius 2 is 1.85 bits per heavy atom. The van der Waals surface area contributed by atoms with E-state index >= 15 is 0 Å². The van der Waals surface area contributed by atoms with Crippen molar-refractivity contribution in [1.82, 2.24) is 5.32 Å². The van der Waals surface area contributed by atoms with Crippen molar-refractivity contribution in [2.75, 3.05) is 0 Å². The van der Waals surface area contributed by atoms with E-state index in [2.05, 4.69) is 41.7 Å². The first kappa shape index (κ1) is 14.1. The van der Waals surface area contributed by atoms with Gasteiger partial charge in [0.25, 0.3) is 0 Å². The molecule has 1 heterocycles. The molecule has 1 aromatic heterocycles. The Morgan fingerprint density at radius 1 is 1.10 bits per heavy atom. The Bertz CT molecular complexity index is 529. The molecule has 106 valence electrons. The molecule has 0 aliphatic heterocycles.